The maximum absolute atomic E-state index is 14.1. The average Bonchev–Trinajstić information content (AvgIpc) is 3.44. The van der Waals surface area contributed by atoms with Crippen LogP contribution in [0.5, 0.6) is 0 Å². The monoisotopic (exact) mass is 422 g/mol. The van der Waals surface area contributed by atoms with E-state index in [4.69, 9.17) is 0 Å². The molecule has 3 heterocycles. The summed E-state index contributed by atoms with van der Waals surface area (Å²) in [6, 6.07) is 31.5. The highest BCUT2D eigenvalue weighted by molar-refractivity contribution is 7.13. The zero-order chi connectivity index (χ0) is 20.8. The lowest BCUT2D eigenvalue weighted by molar-refractivity contribution is -0.0187. The number of hydrogen-bond acceptors (Lipinski definition) is 3. The molecule has 1 saturated heterocycles. The molecule has 0 aliphatic carbocycles. The van der Waals surface area contributed by atoms with Crippen LogP contribution in [0, 0.1) is 0 Å². The van der Waals surface area contributed by atoms with E-state index in [1.54, 1.807) is 11.3 Å². The molecule has 1 fully saturated rings. The Morgan fingerprint density at radius 1 is 0.710 bits per heavy atom. The van der Waals surface area contributed by atoms with Gasteiger partial charge in [-0.25, -0.2) is 5.01 Å². The van der Waals surface area contributed by atoms with Gasteiger partial charge in [-0.05, 0) is 40.6 Å². The predicted molar refractivity (Wildman–Crippen MR) is 124 cm³/mol. The number of fused-ring (bicyclic) bond motifs is 4. The minimum Gasteiger partial charge on any atom is -0.268 e. The van der Waals surface area contributed by atoms with Crippen molar-refractivity contribution < 1.29 is 4.79 Å². The largest absolute Gasteiger partial charge is 0.269 e. The molecule has 2 atom stereocenters. The van der Waals surface area contributed by atoms with Gasteiger partial charge in [0.1, 0.15) is 0 Å². The van der Waals surface area contributed by atoms with Crippen molar-refractivity contribution in [2.24, 2.45) is 0 Å². The number of nitrogens with zero attached hydrogens (tertiary/aromatic N) is 2. The van der Waals surface area contributed by atoms with Gasteiger partial charge in [0, 0.05) is 22.5 Å². The Morgan fingerprint density at radius 3 is 2.03 bits per heavy atom. The van der Waals surface area contributed by atoms with Gasteiger partial charge < -0.3 is 0 Å². The second-order valence-corrected chi connectivity index (χ2v) is 9.07. The van der Waals surface area contributed by atoms with Crippen molar-refractivity contribution in [2.45, 2.75) is 25.0 Å². The number of carbonyl (C=O) groups is 1. The van der Waals surface area contributed by atoms with E-state index in [0.717, 1.165) is 24.1 Å². The highest BCUT2D eigenvalue weighted by Gasteiger charge is 2.45. The van der Waals surface area contributed by atoms with Crippen LogP contribution >= 0.6 is 11.3 Å². The molecule has 2 aliphatic heterocycles. The molecule has 1 amide bonds. The van der Waals surface area contributed by atoms with E-state index in [0.29, 0.717) is 0 Å². The minimum atomic E-state index is 0.00662. The molecule has 31 heavy (non-hydrogen) atoms. The molecule has 0 saturated carbocycles. The first-order valence-electron chi connectivity index (χ1n) is 10.7. The first-order chi connectivity index (χ1) is 15.3. The molecule has 4 aromatic rings. The van der Waals surface area contributed by atoms with E-state index in [1.165, 1.54) is 21.6 Å². The summed E-state index contributed by atoms with van der Waals surface area (Å²) in [5, 5.41) is 6.48. The van der Waals surface area contributed by atoms with Gasteiger partial charge in [0.15, 0.2) is 0 Å². The molecular formula is C27H22N2OS. The first kappa shape index (κ1) is 18.6. The average molecular weight is 423 g/mol. The lowest BCUT2D eigenvalue weighted by Gasteiger charge is -2.37. The minimum absolute atomic E-state index is 0.00662. The second-order valence-electron chi connectivity index (χ2n) is 8.16. The van der Waals surface area contributed by atoms with Crippen molar-refractivity contribution in [3.8, 4) is 10.4 Å². The van der Waals surface area contributed by atoms with Crippen molar-refractivity contribution in [3.63, 3.8) is 0 Å². The Hall–Kier alpha value is -3.21. The van der Waals surface area contributed by atoms with Crippen LogP contribution in [0.3, 0.4) is 0 Å². The van der Waals surface area contributed by atoms with Crippen LogP contribution in [0.25, 0.3) is 10.4 Å². The summed E-state index contributed by atoms with van der Waals surface area (Å²) in [7, 11) is 0. The summed E-state index contributed by atoms with van der Waals surface area (Å²) in [5.74, 6) is 0.0851. The van der Waals surface area contributed by atoms with E-state index < -0.39 is 0 Å². The molecule has 6 rings (SSSR count). The summed E-state index contributed by atoms with van der Waals surface area (Å²) in [6.45, 7) is 0.724. The van der Waals surface area contributed by atoms with Gasteiger partial charge in [0.25, 0.3) is 5.91 Å². The Labute approximate surface area is 186 Å². The highest BCUT2D eigenvalue weighted by Crippen LogP contribution is 2.48. The quantitative estimate of drug-likeness (QED) is 0.369. The van der Waals surface area contributed by atoms with Gasteiger partial charge in [0.05, 0.1) is 12.1 Å². The SMILES string of the molecule is O=C1c2ccccc2-c2sccc2CN2[C@@H](c3ccccc3)C[C@@H](c3ccccc3)N12. The number of hydrazine groups is 1. The maximum Gasteiger partial charge on any atom is 0.269 e. The number of thiophene rings is 1. The van der Waals surface area contributed by atoms with Crippen LogP contribution in [0.1, 0.15) is 45.6 Å². The fourth-order valence-electron chi connectivity index (χ4n) is 5.00. The van der Waals surface area contributed by atoms with Gasteiger partial charge in [-0.1, -0.05) is 78.9 Å². The number of carbonyl (C=O) groups excluding carboxylic acids is 1. The highest BCUT2D eigenvalue weighted by atomic mass is 32.1. The number of rotatable bonds is 2. The summed E-state index contributed by atoms with van der Waals surface area (Å²) in [5.41, 5.74) is 5.55. The van der Waals surface area contributed by atoms with Crippen molar-refractivity contribution in [2.75, 3.05) is 0 Å². The molecule has 3 nitrogen and oxygen atoms in total. The predicted octanol–water partition coefficient (Wildman–Crippen LogP) is 6.47. The van der Waals surface area contributed by atoms with Crippen molar-refractivity contribution in [1.82, 2.24) is 10.0 Å². The van der Waals surface area contributed by atoms with E-state index in [1.807, 2.05) is 29.3 Å². The third-order valence-electron chi connectivity index (χ3n) is 6.44. The Morgan fingerprint density at radius 2 is 1.32 bits per heavy atom. The molecule has 0 N–H and O–H groups in total. The Balaban J connectivity index is 1.55. The topological polar surface area (TPSA) is 23.6 Å². The van der Waals surface area contributed by atoms with Crippen molar-refractivity contribution in [3.05, 3.63) is 119 Å². The smallest absolute Gasteiger partial charge is 0.268 e. The van der Waals surface area contributed by atoms with Gasteiger partial charge >= 0.3 is 0 Å². The summed E-state index contributed by atoms with van der Waals surface area (Å²) in [4.78, 5) is 15.3. The Kier molecular flexibility index (Phi) is 4.48. The van der Waals surface area contributed by atoms with Crippen LogP contribution in [0.4, 0.5) is 0 Å². The van der Waals surface area contributed by atoms with E-state index in [2.05, 4.69) is 77.1 Å². The third kappa shape index (κ3) is 3.02. The molecular weight excluding hydrogens is 400 g/mol. The van der Waals surface area contributed by atoms with Gasteiger partial charge in [-0.15, -0.1) is 11.3 Å². The molecule has 4 heteroatoms. The van der Waals surface area contributed by atoms with Crippen LogP contribution in [0.2, 0.25) is 0 Å². The molecule has 0 spiro atoms. The van der Waals surface area contributed by atoms with Gasteiger partial charge in [-0.3, -0.25) is 9.80 Å². The zero-order valence-corrected chi connectivity index (χ0v) is 17.8. The van der Waals surface area contributed by atoms with Gasteiger partial charge in [0.2, 0.25) is 0 Å². The maximum atomic E-state index is 14.1. The summed E-state index contributed by atoms with van der Waals surface area (Å²) in [6.07, 6.45) is 0.876. The molecule has 3 aromatic carbocycles. The number of hydrogen-bond donors (Lipinski definition) is 0. The lowest BCUT2D eigenvalue weighted by atomic mass is 9.96. The van der Waals surface area contributed by atoms with Crippen LogP contribution in [-0.4, -0.2) is 15.9 Å². The normalized spacial score (nSPS) is 20.5. The number of benzene rings is 3. The molecule has 0 radical (unpaired) electrons. The second kappa shape index (κ2) is 7.49. The summed E-state index contributed by atoms with van der Waals surface area (Å²) >= 11 is 1.72. The molecule has 1 aromatic heterocycles. The third-order valence-corrected chi connectivity index (χ3v) is 7.43. The number of amides is 1. The van der Waals surface area contributed by atoms with Crippen LogP contribution in [-0.2, 0) is 6.54 Å². The van der Waals surface area contributed by atoms with Crippen molar-refractivity contribution in [1.29, 1.82) is 0 Å². The summed E-state index contributed by atoms with van der Waals surface area (Å²) < 4.78 is 0. The molecule has 0 bridgehead atoms. The molecule has 0 unspecified atom stereocenters. The first-order valence-corrected chi connectivity index (χ1v) is 11.5. The lowest BCUT2D eigenvalue weighted by Crippen LogP contribution is -2.43. The fraction of sp³-hybridized carbons (Fsp3) is 0.148. The van der Waals surface area contributed by atoms with E-state index >= 15 is 0 Å². The van der Waals surface area contributed by atoms with Crippen molar-refractivity contribution >= 4 is 17.2 Å². The van der Waals surface area contributed by atoms with E-state index in [-0.39, 0.29) is 18.0 Å². The van der Waals surface area contributed by atoms with Crippen LogP contribution in [0.15, 0.2) is 96.4 Å². The van der Waals surface area contributed by atoms with Gasteiger partial charge in [-0.2, -0.15) is 0 Å². The van der Waals surface area contributed by atoms with E-state index in [9.17, 15) is 4.79 Å². The molecule has 152 valence electrons. The fourth-order valence-corrected chi connectivity index (χ4v) is 5.96. The standard InChI is InChI=1S/C27H22N2OS/c30-27-23-14-8-7-13-22(23)26-21(15-16-31-26)18-28-24(19-9-3-1-4-10-19)17-25(29(27)28)20-11-5-2-6-12-20/h1-16,24-25H,17-18H2/t24-,25+/m1/s1. The Bertz CT molecular complexity index is 1230. The zero-order valence-electron chi connectivity index (χ0n) is 17.0. The molecule has 2 aliphatic rings. The van der Waals surface area contributed by atoms with Crippen LogP contribution < -0.4 is 0 Å².